The van der Waals surface area contributed by atoms with Crippen molar-refractivity contribution in [3.8, 4) is 0 Å². The van der Waals surface area contributed by atoms with Crippen LogP contribution in [-0.4, -0.2) is 28.2 Å². The molecule has 0 bridgehead atoms. The first kappa shape index (κ1) is 18.5. The van der Waals surface area contributed by atoms with Crippen molar-refractivity contribution in [2.45, 2.75) is 66.6 Å². The Morgan fingerprint density at radius 1 is 1.00 bits per heavy atom. The van der Waals surface area contributed by atoms with Crippen LogP contribution in [-0.2, 0) is 19.1 Å². The molecule has 0 spiro atoms. The third kappa shape index (κ3) is 4.75. The van der Waals surface area contributed by atoms with E-state index in [0.717, 1.165) is 0 Å². The van der Waals surface area contributed by atoms with Gasteiger partial charge in [0.15, 0.2) is 0 Å². The van der Waals surface area contributed by atoms with Gasteiger partial charge in [0.2, 0.25) is 5.76 Å². The quantitative estimate of drug-likeness (QED) is 0.489. The summed E-state index contributed by atoms with van der Waals surface area (Å²) in [5.74, 6) is -2.08. The van der Waals surface area contributed by atoms with Gasteiger partial charge in [0, 0.05) is 5.92 Å². The first-order chi connectivity index (χ1) is 9.65. The summed E-state index contributed by atoms with van der Waals surface area (Å²) < 4.78 is 11.1. The first-order valence-corrected chi connectivity index (χ1v) is 7.52. The molecule has 0 saturated heterocycles. The predicted octanol–water partition coefficient (Wildman–Crippen LogP) is 3.38. The summed E-state index contributed by atoms with van der Waals surface area (Å²) in [7, 11) is 0. The number of hydrogen-bond acceptors (Lipinski definition) is 4. The van der Waals surface area contributed by atoms with Crippen LogP contribution >= 0.6 is 0 Å². The number of carbonyl (C=O) groups is 2. The summed E-state index contributed by atoms with van der Waals surface area (Å²) in [4.78, 5) is 23.6. The highest BCUT2D eigenvalue weighted by molar-refractivity contribution is 5.87. The topological polar surface area (TPSA) is 72.8 Å². The van der Waals surface area contributed by atoms with E-state index in [-0.39, 0.29) is 17.1 Å². The third-order valence-electron chi connectivity index (χ3n) is 3.52. The van der Waals surface area contributed by atoms with Crippen LogP contribution in [0.2, 0.25) is 0 Å². The predicted molar refractivity (Wildman–Crippen MR) is 83.2 cm³/mol. The van der Waals surface area contributed by atoms with Gasteiger partial charge in [-0.2, -0.15) is 0 Å². The number of esters is 1. The van der Waals surface area contributed by atoms with Crippen LogP contribution in [0.5, 0.6) is 0 Å². The summed E-state index contributed by atoms with van der Waals surface area (Å²) in [5, 5.41) is 9.24. The van der Waals surface area contributed by atoms with E-state index in [0.29, 0.717) is 0 Å². The second-order valence-electron chi connectivity index (χ2n) is 8.41. The van der Waals surface area contributed by atoms with Crippen molar-refractivity contribution in [3.05, 3.63) is 11.8 Å². The number of ether oxygens (including phenoxy) is 2. The Morgan fingerprint density at radius 3 is 1.77 bits per heavy atom. The molecule has 5 nitrogen and oxygen atoms in total. The van der Waals surface area contributed by atoms with Gasteiger partial charge in [-0.1, -0.05) is 13.8 Å². The number of allylic oxidation sites excluding steroid dienone is 1. The third-order valence-corrected chi connectivity index (χ3v) is 3.52. The molecule has 0 aromatic heterocycles. The molecule has 0 heterocycles. The summed E-state index contributed by atoms with van der Waals surface area (Å²) in [6.45, 7) is 14.6. The molecule has 22 heavy (non-hydrogen) atoms. The Bertz CT molecular complexity index is 488. The fourth-order valence-corrected chi connectivity index (χ4v) is 2.43. The van der Waals surface area contributed by atoms with Gasteiger partial charge in [-0.15, -0.1) is 0 Å². The number of carboxylic acids is 1. The van der Waals surface area contributed by atoms with E-state index in [1.807, 2.05) is 34.6 Å². The number of carbonyl (C=O) groups excluding carboxylic acids is 1. The molecular formula is C17H28O5. The highest BCUT2D eigenvalue weighted by Crippen LogP contribution is 2.59. The van der Waals surface area contributed by atoms with Crippen molar-refractivity contribution >= 4 is 11.9 Å². The zero-order valence-corrected chi connectivity index (χ0v) is 14.8. The molecule has 0 aromatic rings. The van der Waals surface area contributed by atoms with Crippen LogP contribution in [0.3, 0.4) is 0 Å². The minimum Gasteiger partial charge on any atom is -0.481 e. The average molecular weight is 312 g/mol. The van der Waals surface area contributed by atoms with Crippen molar-refractivity contribution in [2.75, 3.05) is 0 Å². The molecule has 0 radical (unpaired) electrons. The molecule has 2 atom stereocenters. The van der Waals surface area contributed by atoms with E-state index in [2.05, 4.69) is 0 Å². The number of rotatable bonds is 4. The SMILES string of the molecule is CC(C)(C)OC(=O)/C(=C/C1C(C(=O)O)C1(C)C)OC(C)(C)C. The second-order valence-corrected chi connectivity index (χ2v) is 8.41. The van der Waals surface area contributed by atoms with Crippen molar-refractivity contribution in [1.29, 1.82) is 0 Å². The minimum absolute atomic E-state index is 0.0873. The molecule has 2 unspecified atom stereocenters. The van der Waals surface area contributed by atoms with Crippen LogP contribution in [0, 0.1) is 17.3 Å². The van der Waals surface area contributed by atoms with Gasteiger partial charge in [-0.3, -0.25) is 4.79 Å². The van der Waals surface area contributed by atoms with E-state index in [1.165, 1.54) is 0 Å². The molecular weight excluding hydrogens is 284 g/mol. The van der Waals surface area contributed by atoms with E-state index in [1.54, 1.807) is 26.8 Å². The average Bonchev–Trinajstić information content (AvgIpc) is 2.74. The van der Waals surface area contributed by atoms with Gasteiger partial charge < -0.3 is 14.6 Å². The van der Waals surface area contributed by atoms with E-state index >= 15 is 0 Å². The largest absolute Gasteiger partial charge is 0.481 e. The summed E-state index contributed by atoms with van der Waals surface area (Å²) >= 11 is 0. The number of aliphatic carboxylic acids is 1. The lowest BCUT2D eigenvalue weighted by Crippen LogP contribution is -2.29. The smallest absolute Gasteiger partial charge is 0.373 e. The van der Waals surface area contributed by atoms with Crippen LogP contribution in [0.1, 0.15) is 55.4 Å². The highest BCUT2D eigenvalue weighted by Gasteiger charge is 2.61. The monoisotopic (exact) mass is 312 g/mol. The fourth-order valence-electron chi connectivity index (χ4n) is 2.43. The maximum absolute atomic E-state index is 12.3. The lowest BCUT2D eigenvalue weighted by atomic mass is 10.1. The molecule has 1 aliphatic carbocycles. The van der Waals surface area contributed by atoms with Crippen molar-refractivity contribution in [1.82, 2.24) is 0 Å². The van der Waals surface area contributed by atoms with Crippen LogP contribution in [0.15, 0.2) is 11.8 Å². The van der Waals surface area contributed by atoms with E-state index in [4.69, 9.17) is 9.47 Å². The Hall–Kier alpha value is -1.52. The number of carboxylic acid groups (broad SMARTS) is 1. The molecule has 1 N–H and O–H groups in total. The normalized spacial score (nSPS) is 24.6. The number of hydrogen-bond donors (Lipinski definition) is 1. The maximum atomic E-state index is 12.3. The van der Waals surface area contributed by atoms with Gasteiger partial charge in [0.1, 0.15) is 11.2 Å². The Kier molecular flexibility index (Phi) is 4.71. The Morgan fingerprint density at radius 2 is 1.45 bits per heavy atom. The summed E-state index contributed by atoms with van der Waals surface area (Å²) in [6.07, 6.45) is 1.61. The standard InChI is InChI=1S/C17H28O5/c1-15(2,3)21-11(14(20)22-16(4,5)6)9-10-12(13(18)19)17(10,7)8/h9-10,12H,1-8H3,(H,18,19)/b11-9-. The molecule has 0 aliphatic heterocycles. The van der Waals surface area contributed by atoms with Crippen molar-refractivity contribution in [2.24, 2.45) is 17.3 Å². The minimum atomic E-state index is -0.856. The van der Waals surface area contributed by atoms with Gasteiger partial charge in [-0.05, 0) is 53.0 Å². The van der Waals surface area contributed by atoms with E-state index in [9.17, 15) is 14.7 Å². The molecule has 0 aromatic carbocycles. The van der Waals surface area contributed by atoms with Crippen molar-refractivity contribution < 1.29 is 24.2 Å². The summed E-state index contributed by atoms with van der Waals surface area (Å²) in [6, 6.07) is 0. The van der Waals surface area contributed by atoms with Crippen LogP contribution < -0.4 is 0 Å². The van der Waals surface area contributed by atoms with Crippen LogP contribution in [0.25, 0.3) is 0 Å². The first-order valence-electron chi connectivity index (χ1n) is 7.52. The molecule has 1 saturated carbocycles. The van der Waals surface area contributed by atoms with Gasteiger partial charge in [0.25, 0.3) is 0 Å². The van der Waals surface area contributed by atoms with Gasteiger partial charge >= 0.3 is 11.9 Å². The van der Waals surface area contributed by atoms with Crippen LogP contribution in [0.4, 0.5) is 0 Å². The molecule has 1 rings (SSSR count). The van der Waals surface area contributed by atoms with E-state index < -0.39 is 29.1 Å². The molecule has 5 heteroatoms. The van der Waals surface area contributed by atoms with Gasteiger partial charge in [-0.25, -0.2) is 4.79 Å². The highest BCUT2D eigenvalue weighted by atomic mass is 16.6. The molecule has 1 aliphatic rings. The second kappa shape index (κ2) is 5.60. The van der Waals surface area contributed by atoms with Crippen molar-refractivity contribution in [3.63, 3.8) is 0 Å². The summed E-state index contributed by atoms with van der Waals surface area (Å²) in [5.41, 5.74) is -1.59. The lowest BCUT2D eigenvalue weighted by Gasteiger charge is -2.26. The maximum Gasteiger partial charge on any atom is 0.373 e. The molecule has 1 fully saturated rings. The zero-order valence-electron chi connectivity index (χ0n) is 14.8. The fraction of sp³-hybridized carbons (Fsp3) is 0.765. The van der Waals surface area contributed by atoms with Gasteiger partial charge in [0.05, 0.1) is 5.92 Å². The Labute approximate surface area is 132 Å². The Balaban J connectivity index is 3.04. The molecule has 0 amide bonds. The zero-order chi connectivity index (χ0) is 17.5. The lowest BCUT2D eigenvalue weighted by molar-refractivity contribution is -0.156. The molecule has 126 valence electrons.